The molecule has 0 heterocycles. The Bertz CT molecular complexity index is 1990. The molecule has 0 aromatic carbocycles. The van der Waals surface area contributed by atoms with Gasteiger partial charge in [0.05, 0.1) is 24.7 Å². The minimum absolute atomic E-state index is 0.00873. The molecule has 73 heavy (non-hydrogen) atoms. The maximum absolute atomic E-state index is 13.7. The lowest BCUT2D eigenvalue weighted by Crippen LogP contribution is -2.63. The molecule has 0 fully saturated rings. The van der Waals surface area contributed by atoms with Crippen LogP contribution in [0.2, 0.25) is 0 Å². The lowest BCUT2D eigenvalue weighted by atomic mass is 9.99. The van der Waals surface area contributed by atoms with E-state index in [1.165, 1.54) is 13.8 Å². The van der Waals surface area contributed by atoms with Gasteiger partial charge in [0.15, 0.2) is 5.96 Å². The average molecular weight is 1060 g/mol. The molecule has 31 heteroatoms. The van der Waals surface area contributed by atoms with Gasteiger partial charge in [-0.2, -0.15) is 12.6 Å². The monoisotopic (exact) mass is 1060 g/mol. The van der Waals surface area contributed by atoms with E-state index in [1.807, 2.05) is 10.6 Å². The van der Waals surface area contributed by atoms with E-state index in [9.17, 15) is 83.1 Å². The second kappa shape index (κ2) is 33.0. The fraction of sp³-hybridized carbons (Fsp3) is 0.690. The van der Waals surface area contributed by atoms with Crippen molar-refractivity contribution in [2.24, 2.45) is 39.8 Å². The molecule has 21 N–H and O–H groups in total. The fourth-order valence-corrected chi connectivity index (χ4v) is 6.63. The van der Waals surface area contributed by atoms with E-state index in [0.717, 1.165) is 13.8 Å². The first-order chi connectivity index (χ1) is 33.8. The molecule has 0 spiro atoms. The maximum atomic E-state index is 13.7. The highest BCUT2D eigenvalue weighted by molar-refractivity contribution is 7.80. The van der Waals surface area contributed by atoms with Crippen molar-refractivity contribution in [3.63, 3.8) is 0 Å². The van der Waals surface area contributed by atoms with Crippen LogP contribution < -0.4 is 65.5 Å². The third-order valence-electron chi connectivity index (χ3n) is 10.4. The van der Waals surface area contributed by atoms with Crippen LogP contribution in [0.1, 0.15) is 92.9 Å². The standard InChI is InChI=1S/C42H73N13O17S/c1-17(2)14-25(51-33(63)21(43)16-73)36(66)53-30(18(3)4)38(68)55-32(20(6)57)40(70)49-23(10-12-28(59)60)35(65)52-26(15-29(61)62)37(67)54-31(19(5)56)39(69)48-22(9-11-27(44)58)34(64)50-24(41(71)72)8-7-13-47-42(45)46/h17-26,30-32,56-57,73H,7-16,43H2,1-6H3,(H2,44,58)(H,48,69)(H,49,70)(H,50,64)(H,51,63)(H,52,65)(H,53,66)(H,54,67)(H,55,68)(H,59,60)(H,61,62)(H,71,72)(H4,45,46,47)/t19-,20-,21+,22+,23+,24+,25+,26+,30+,31+,32+/m1/s1. The molecule has 9 amide bonds. The summed E-state index contributed by atoms with van der Waals surface area (Å²) in [6.45, 7) is 8.65. The Kier molecular flexibility index (Phi) is 29.9. The number of amides is 9. The zero-order valence-corrected chi connectivity index (χ0v) is 42.3. The van der Waals surface area contributed by atoms with E-state index >= 15 is 0 Å². The molecule has 11 atom stereocenters. The Morgan fingerprint density at radius 1 is 0.507 bits per heavy atom. The summed E-state index contributed by atoms with van der Waals surface area (Å²) >= 11 is 3.99. The molecular weight excluding hydrogens is 991 g/mol. The third-order valence-corrected chi connectivity index (χ3v) is 10.8. The van der Waals surface area contributed by atoms with Crippen LogP contribution in [-0.4, -0.2) is 181 Å². The molecular formula is C42H73N13O17S. The van der Waals surface area contributed by atoms with Crippen LogP contribution in [0.5, 0.6) is 0 Å². The molecule has 0 bridgehead atoms. The number of primary amides is 1. The lowest BCUT2D eigenvalue weighted by Gasteiger charge is -2.30. The van der Waals surface area contributed by atoms with E-state index in [-0.39, 0.29) is 43.4 Å². The SMILES string of the molecule is CC(C)C[C@H](NC(=O)[C@@H](N)CS)C(=O)N[C@H](C(=O)N[C@H](C(=O)N[C@@H](CCC(=O)O)C(=O)N[C@@H](CC(=O)O)C(=O)N[C@H](C(=O)N[C@@H](CCC(N)=O)C(=O)N[C@@H](CCCN=C(N)N)C(=O)O)[C@@H](C)O)[C@@H](C)O)C(C)C. The number of aliphatic imine (C=N–C) groups is 1. The average Bonchev–Trinajstić information content (AvgIpc) is 3.27. The second-order valence-corrected chi connectivity index (χ2v) is 18.1. The molecule has 0 aromatic rings. The van der Waals surface area contributed by atoms with Crippen molar-refractivity contribution in [3.05, 3.63) is 0 Å². The van der Waals surface area contributed by atoms with Gasteiger partial charge in [-0.3, -0.25) is 57.7 Å². The van der Waals surface area contributed by atoms with Gasteiger partial charge in [0.25, 0.3) is 0 Å². The van der Waals surface area contributed by atoms with Crippen molar-refractivity contribution < 1.29 is 83.1 Å². The molecule has 414 valence electrons. The van der Waals surface area contributed by atoms with Gasteiger partial charge in [-0.15, -0.1) is 0 Å². The summed E-state index contributed by atoms with van der Waals surface area (Å²) in [5.74, 6) is -15.9. The van der Waals surface area contributed by atoms with E-state index in [1.54, 1.807) is 13.8 Å². The molecule has 30 nitrogen and oxygen atoms in total. The highest BCUT2D eigenvalue weighted by atomic mass is 32.1. The van der Waals surface area contributed by atoms with Crippen molar-refractivity contribution in [2.75, 3.05) is 12.3 Å². The summed E-state index contributed by atoms with van der Waals surface area (Å²) in [7, 11) is 0. The quantitative estimate of drug-likeness (QED) is 0.0121. The Hall–Kier alpha value is -6.86. The van der Waals surface area contributed by atoms with Crippen LogP contribution in [0.3, 0.4) is 0 Å². The second-order valence-electron chi connectivity index (χ2n) is 17.7. The van der Waals surface area contributed by atoms with Crippen LogP contribution in [0.15, 0.2) is 4.99 Å². The molecule has 0 aliphatic rings. The van der Waals surface area contributed by atoms with Gasteiger partial charge in [-0.1, -0.05) is 27.7 Å². The zero-order valence-electron chi connectivity index (χ0n) is 41.4. The first-order valence-electron chi connectivity index (χ1n) is 23.0. The summed E-state index contributed by atoms with van der Waals surface area (Å²) in [5, 5.41) is 67.9. The molecule has 0 saturated carbocycles. The van der Waals surface area contributed by atoms with Gasteiger partial charge in [0, 0.05) is 25.1 Å². The molecule has 0 unspecified atom stereocenters. The smallest absolute Gasteiger partial charge is 0.326 e. The molecule has 0 aliphatic heterocycles. The number of rotatable bonds is 35. The molecule has 0 aromatic heterocycles. The topological polar surface area (TPSA) is 519 Å². The fourth-order valence-electron chi connectivity index (χ4n) is 6.47. The van der Waals surface area contributed by atoms with E-state index in [2.05, 4.69) is 49.5 Å². The van der Waals surface area contributed by atoms with E-state index in [0.29, 0.717) is 0 Å². The van der Waals surface area contributed by atoms with Gasteiger partial charge >= 0.3 is 17.9 Å². The number of nitrogens with zero attached hydrogens (tertiary/aromatic N) is 1. The first-order valence-corrected chi connectivity index (χ1v) is 23.6. The lowest BCUT2D eigenvalue weighted by molar-refractivity contribution is -0.143. The molecule has 0 saturated heterocycles. The minimum Gasteiger partial charge on any atom is -0.481 e. The zero-order chi connectivity index (χ0) is 56.4. The van der Waals surface area contributed by atoms with Crippen molar-refractivity contribution >= 4 is 89.7 Å². The van der Waals surface area contributed by atoms with Crippen LogP contribution in [0.4, 0.5) is 0 Å². The predicted octanol–water partition coefficient (Wildman–Crippen LogP) is -6.67. The number of hydrogen-bond acceptors (Lipinski definition) is 17. The number of carbonyl (C=O) groups is 12. The number of carboxylic acid groups (broad SMARTS) is 3. The third kappa shape index (κ3) is 25.9. The number of thiol groups is 1. The highest BCUT2D eigenvalue weighted by Gasteiger charge is 2.38. The molecule has 0 radical (unpaired) electrons. The Labute approximate surface area is 425 Å². The van der Waals surface area contributed by atoms with Crippen molar-refractivity contribution in [1.29, 1.82) is 0 Å². The predicted molar refractivity (Wildman–Crippen MR) is 260 cm³/mol. The molecule has 0 aliphatic carbocycles. The van der Waals surface area contributed by atoms with E-state index < -0.39 is 176 Å². The van der Waals surface area contributed by atoms with Gasteiger partial charge in [0.2, 0.25) is 53.2 Å². The maximum Gasteiger partial charge on any atom is 0.326 e. The number of nitrogens with two attached hydrogens (primary N) is 4. The highest BCUT2D eigenvalue weighted by Crippen LogP contribution is 2.11. The Morgan fingerprint density at radius 2 is 0.918 bits per heavy atom. The number of guanidine groups is 1. The summed E-state index contributed by atoms with van der Waals surface area (Å²) < 4.78 is 0. The number of aliphatic hydroxyl groups is 2. The Morgan fingerprint density at radius 3 is 1.33 bits per heavy atom. The molecule has 0 rings (SSSR count). The van der Waals surface area contributed by atoms with Gasteiger partial charge in [0.1, 0.15) is 48.3 Å². The number of carboxylic acids is 3. The van der Waals surface area contributed by atoms with Crippen LogP contribution in [0, 0.1) is 11.8 Å². The van der Waals surface area contributed by atoms with Gasteiger partial charge in [-0.25, -0.2) is 4.79 Å². The number of hydrogen-bond donors (Lipinski definition) is 18. The van der Waals surface area contributed by atoms with Crippen molar-refractivity contribution in [1.82, 2.24) is 42.5 Å². The summed E-state index contributed by atoms with van der Waals surface area (Å²) in [6, 6.07) is -14.9. The van der Waals surface area contributed by atoms with Gasteiger partial charge < -0.3 is 91.0 Å². The number of carbonyl (C=O) groups excluding carboxylic acids is 9. The number of aliphatic hydroxyl groups excluding tert-OH is 2. The van der Waals surface area contributed by atoms with Crippen LogP contribution >= 0.6 is 12.6 Å². The van der Waals surface area contributed by atoms with Crippen LogP contribution in [-0.2, 0) is 57.5 Å². The largest absolute Gasteiger partial charge is 0.481 e. The number of nitrogens with one attached hydrogen (secondary N) is 8. The normalized spacial score (nSPS) is 15.6. The minimum atomic E-state index is -2.15. The first kappa shape index (κ1) is 66.1. The number of aliphatic carboxylic acids is 3. The van der Waals surface area contributed by atoms with E-state index in [4.69, 9.17) is 22.9 Å². The summed E-state index contributed by atoms with van der Waals surface area (Å²) in [6.07, 6.45) is -7.41. The van der Waals surface area contributed by atoms with Crippen molar-refractivity contribution in [3.8, 4) is 0 Å². The van der Waals surface area contributed by atoms with Crippen LogP contribution in [0.25, 0.3) is 0 Å². The summed E-state index contributed by atoms with van der Waals surface area (Å²) in [5.41, 5.74) is 21.5. The van der Waals surface area contributed by atoms with Gasteiger partial charge in [-0.05, 0) is 57.8 Å². The Balaban J connectivity index is 6.59. The summed E-state index contributed by atoms with van der Waals surface area (Å²) in [4.78, 5) is 158. The van der Waals surface area contributed by atoms with Crippen molar-refractivity contribution in [2.45, 2.75) is 159 Å².